The van der Waals surface area contributed by atoms with Gasteiger partial charge in [0.05, 0.1) is 6.61 Å². The van der Waals surface area contributed by atoms with Crippen LogP contribution in [0.25, 0.3) is 0 Å². The number of amides is 4. The first kappa shape index (κ1) is 20.6. The van der Waals surface area contributed by atoms with E-state index in [0.717, 1.165) is 5.56 Å². The Kier molecular flexibility index (Phi) is 6.65. The zero-order valence-corrected chi connectivity index (χ0v) is 17.1. The molecular weight excluding hydrogens is 394 g/mol. The number of nitrogens with one attached hydrogen (secondary N) is 2. The molecule has 1 aromatic heterocycles. The number of piperazine rings is 1. The Morgan fingerprint density at radius 2 is 1.86 bits per heavy atom. The molecule has 10 heteroatoms. The lowest BCUT2D eigenvalue weighted by molar-refractivity contribution is 0.0566. The lowest BCUT2D eigenvalue weighted by Crippen LogP contribution is -2.50. The van der Waals surface area contributed by atoms with Gasteiger partial charge in [-0.05, 0) is 31.5 Å². The van der Waals surface area contributed by atoms with E-state index in [1.165, 1.54) is 11.3 Å². The van der Waals surface area contributed by atoms with Crippen LogP contribution in [-0.4, -0.2) is 65.6 Å². The van der Waals surface area contributed by atoms with Crippen molar-refractivity contribution in [2.24, 2.45) is 0 Å². The van der Waals surface area contributed by atoms with Crippen molar-refractivity contribution < 1.29 is 19.1 Å². The first-order valence-electron chi connectivity index (χ1n) is 9.27. The number of ether oxygens (including phenoxy) is 1. The fraction of sp³-hybridized carbons (Fsp3) is 0.368. The molecule has 0 unspecified atom stereocenters. The number of benzene rings is 1. The molecule has 0 atom stereocenters. The summed E-state index contributed by atoms with van der Waals surface area (Å²) in [5, 5.41) is 7.32. The summed E-state index contributed by atoms with van der Waals surface area (Å²) >= 11 is 1.18. The second-order valence-corrected chi connectivity index (χ2v) is 7.32. The largest absolute Gasteiger partial charge is 0.450 e. The van der Waals surface area contributed by atoms with Crippen molar-refractivity contribution in [2.75, 3.05) is 43.4 Å². The number of carbonyl (C=O) groups is 3. The Balaban J connectivity index is 1.52. The molecule has 0 spiro atoms. The van der Waals surface area contributed by atoms with Gasteiger partial charge in [0, 0.05) is 37.2 Å². The number of hydrogen-bond donors (Lipinski definition) is 2. The summed E-state index contributed by atoms with van der Waals surface area (Å²) in [4.78, 5) is 43.9. The van der Waals surface area contributed by atoms with E-state index >= 15 is 0 Å². The predicted octanol–water partition coefficient (Wildman–Crippen LogP) is 3.01. The number of nitrogens with zero attached hydrogens (tertiary/aromatic N) is 3. The van der Waals surface area contributed by atoms with Gasteiger partial charge in [-0.3, -0.25) is 10.1 Å². The van der Waals surface area contributed by atoms with Crippen molar-refractivity contribution in [3.8, 4) is 0 Å². The molecule has 2 aromatic rings. The Morgan fingerprint density at radius 1 is 1.14 bits per heavy atom. The van der Waals surface area contributed by atoms with Crippen LogP contribution in [0.5, 0.6) is 0 Å². The van der Waals surface area contributed by atoms with Crippen LogP contribution in [0.4, 0.5) is 20.4 Å². The first-order valence-corrected chi connectivity index (χ1v) is 10.2. The Bertz CT molecular complexity index is 892. The van der Waals surface area contributed by atoms with Crippen LogP contribution < -0.4 is 10.6 Å². The summed E-state index contributed by atoms with van der Waals surface area (Å²) in [5.41, 5.74) is 1.98. The molecule has 1 saturated heterocycles. The number of aromatic nitrogens is 1. The number of hydrogen-bond acceptors (Lipinski definition) is 6. The molecule has 3 rings (SSSR count). The summed E-state index contributed by atoms with van der Waals surface area (Å²) in [6, 6.07) is 7.01. The van der Waals surface area contributed by atoms with Gasteiger partial charge in [0.1, 0.15) is 5.69 Å². The van der Waals surface area contributed by atoms with Gasteiger partial charge in [0.2, 0.25) is 0 Å². The molecule has 0 bridgehead atoms. The van der Waals surface area contributed by atoms with Gasteiger partial charge < -0.3 is 19.9 Å². The van der Waals surface area contributed by atoms with Crippen molar-refractivity contribution in [3.63, 3.8) is 0 Å². The highest BCUT2D eigenvalue weighted by atomic mass is 32.1. The third-order valence-electron chi connectivity index (χ3n) is 4.31. The summed E-state index contributed by atoms with van der Waals surface area (Å²) in [6.45, 7) is 5.67. The Labute approximate surface area is 172 Å². The molecule has 0 saturated carbocycles. The monoisotopic (exact) mass is 417 g/mol. The maximum Gasteiger partial charge on any atom is 0.409 e. The number of aryl methyl sites for hydroxylation is 1. The van der Waals surface area contributed by atoms with Crippen molar-refractivity contribution in [1.82, 2.24) is 14.8 Å². The number of urea groups is 1. The normalized spacial score (nSPS) is 13.7. The first-order chi connectivity index (χ1) is 14.0. The van der Waals surface area contributed by atoms with E-state index in [-0.39, 0.29) is 17.7 Å². The Morgan fingerprint density at radius 3 is 2.55 bits per heavy atom. The van der Waals surface area contributed by atoms with Gasteiger partial charge >= 0.3 is 12.1 Å². The second-order valence-electron chi connectivity index (χ2n) is 6.46. The van der Waals surface area contributed by atoms with E-state index in [4.69, 9.17) is 4.74 Å². The van der Waals surface area contributed by atoms with Crippen LogP contribution in [0.15, 0.2) is 29.6 Å². The number of carbonyl (C=O) groups excluding carboxylic acids is 3. The van der Waals surface area contributed by atoms with E-state index in [1.807, 2.05) is 25.1 Å². The molecule has 0 aliphatic carbocycles. The lowest BCUT2D eigenvalue weighted by atomic mass is 10.2. The maximum absolute atomic E-state index is 12.6. The van der Waals surface area contributed by atoms with Crippen molar-refractivity contribution in [1.29, 1.82) is 0 Å². The summed E-state index contributed by atoms with van der Waals surface area (Å²) in [6.07, 6.45) is -0.362. The predicted molar refractivity (Wildman–Crippen MR) is 110 cm³/mol. The third-order valence-corrected chi connectivity index (χ3v) is 5.07. The minimum atomic E-state index is -0.424. The molecule has 2 heterocycles. The number of anilines is 2. The van der Waals surface area contributed by atoms with Gasteiger partial charge in [0.15, 0.2) is 5.13 Å². The van der Waals surface area contributed by atoms with Gasteiger partial charge in [-0.2, -0.15) is 0 Å². The molecule has 1 fully saturated rings. The molecule has 1 aliphatic rings. The van der Waals surface area contributed by atoms with E-state index in [1.54, 1.807) is 28.2 Å². The molecule has 2 N–H and O–H groups in total. The van der Waals surface area contributed by atoms with Gasteiger partial charge in [0.25, 0.3) is 5.91 Å². The van der Waals surface area contributed by atoms with Gasteiger partial charge in [-0.15, -0.1) is 11.3 Å². The molecule has 154 valence electrons. The van der Waals surface area contributed by atoms with Gasteiger partial charge in [-0.25, -0.2) is 14.6 Å². The molecule has 1 aromatic carbocycles. The standard InChI is InChI=1S/C19H23N5O4S/c1-3-28-19(27)24-9-7-23(8-10-24)16(25)15-12-29-18(21-15)22-17(26)20-14-6-4-5-13(2)11-14/h4-6,11-12H,3,7-10H2,1-2H3,(H2,20,21,22,26). The molecule has 4 amide bonds. The average molecular weight is 417 g/mol. The quantitative estimate of drug-likeness (QED) is 0.796. The minimum absolute atomic E-state index is 0.225. The topological polar surface area (TPSA) is 104 Å². The van der Waals surface area contributed by atoms with Crippen LogP contribution in [0.3, 0.4) is 0 Å². The summed E-state index contributed by atoms with van der Waals surface area (Å²) in [7, 11) is 0. The molecule has 1 aliphatic heterocycles. The van der Waals surface area contributed by atoms with Crippen molar-refractivity contribution in [3.05, 3.63) is 40.9 Å². The lowest BCUT2D eigenvalue weighted by Gasteiger charge is -2.33. The summed E-state index contributed by atoms with van der Waals surface area (Å²) < 4.78 is 4.98. The van der Waals surface area contributed by atoms with Crippen molar-refractivity contribution in [2.45, 2.75) is 13.8 Å². The van der Waals surface area contributed by atoms with E-state index in [0.29, 0.717) is 43.6 Å². The smallest absolute Gasteiger partial charge is 0.409 e. The highest BCUT2D eigenvalue weighted by Crippen LogP contribution is 2.18. The summed E-state index contributed by atoms with van der Waals surface area (Å²) in [5.74, 6) is -0.225. The van der Waals surface area contributed by atoms with Gasteiger partial charge in [-0.1, -0.05) is 12.1 Å². The third kappa shape index (κ3) is 5.44. The highest BCUT2D eigenvalue weighted by molar-refractivity contribution is 7.14. The van der Waals surface area contributed by atoms with E-state index in [2.05, 4.69) is 15.6 Å². The molecule has 9 nitrogen and oxygen atoms in total. The van der Waals surface area contributed by atoms with E-state index < -0.39 is 6.03 Å². The molecular formula is C19H23N5O4S. The number of rotatable bonds is 4. The maximum atomic E-state index is 12.6. The fourth-order valence-electron chi connectivity index (χ4n) is 2.88. The van der Waals surface area contributed by atoms with Crippen LogP contribution >= 0.6 is 11.3 Å². The second kappa shape index (κ2) is 9.37. The van der Waals surface area contributed by atoms with Crippen LogP contribution in [0.2, 0.25) is 0 Å². The van der Waals surface area contributed by atoms with Crippen LogP contribution in [0.1, 0.15) is 23.0 Å². The Hall–Kier alpha value is -3.14. The van der Waals surface area contributed by atoms with Crippen LogP contribution in [-0.2, 0) is 4.74 Å². The average Bonchev–Trinajstić information content (AvgIpc) is 3.16. The molecule has 29 heavy (non-hydrogen) atoms. The molecule has 0 radical (unpaired) electrons. The number of thiazole rings is 1. The highest BCUT2D eigenvalue weighted by Gasteiger charge is 2.26. The zero-order valence-electron chi connectivity index (χ0n) is 16.3. The minimum Gasteiger partial charge on any atom is -0.450 e. The SMILES string of the molecule is CCOC(=O)N1CCN(C(=O)c2csc(NC(=O)Nc3cccc(C)c3)n2)CC1. The van der Waals surface area contributed by atoms with Crippen LogP contribution in [0, 0.1) is 6.92 Å². The van der Waals surface area contributed by atoms with E-state index in [9.17, 15) is 14.4 Å². The van der Waals surface area contributed by atoms with Crippen molar-refractivity contribution >= 4 is 40.2 Å². The zero-order chi connectivity index (χ0) is 20.8. The fourth-order valence-corrected chi connectivity index (χ4v) is 3.56.